The summed E-state index contributed by atoms with van der Waals surface area (Å²) in [6.45, 7) is 4.35. The highest BCUT2D eigenvalue weighted by Gasteiger charge is 2.32. The first kappa shape index (κ1) is 7.58. The molecule has 0 radical (unpaired) electrons. The Hall–Kier alpha value is -0.530. The second-order valence-corrected chi connectivity index (χ2v) is 2.66. The largest absolute Gasteiger partial charge is 0.484 e. The van der Waals surface area contributed by atoms with Crippen LogP contribution >= 0.6 is 0 Å². The SMILES string of the molecule is CCC1N=C(OC)C1CC. The van der Waals surface area contributed by atoms with E-state index >= 15 is 0 Å². The summed E-state index contributed by atoms with van der Waals surface area (Å²) >= 11 is 0. The zero-order chi connectivity index (χ0) is 7.56. The minimum absolute atomic E-state index is 0.542. The van der Waals surface area contributed by atoms with Gasteiger partial charge in [-0.1, -0.05) is 13.8 Å². The lowest BCUT2D eigenvalue weighted by Crippen LogP contribution is -2.37. The van der Waals surface area contributed by atoms with Gasteiger partial charge in [0.05, 0.1) is 19.1 Å². The van der Waals surface area contributed by atoms with Gasteiger partial charge in [0.15, 0.2) is 5.90 Å². The summed E-state index contributed by atoms with van der Waals surface area (Å²) in [5.74, 6) is 1.56. The van der Waals surface area contributed by atoms with Gasteiger partial charge in [-0.2, -0.15) is 0 Å². The second kappa shape index (κ2) is 3.04. The summed E-state index contributed by atoms with van der Waals surface area (Å²) < 4.78 is 5.07. The van der Waals surface area contributed by atoms with Crippen LogP contribution in [0, 0.1) is 5.92 Å². The van der Waals surface area contributed by atoms with Gasteiger partial charge in [0.25, 0.3) is 0 Å². The second-order valence-electron chi connectivity index (χ2n) is 2.66. The summed E-state index contributed by atoms with van der Waals surface area (Å²) in [6, 6.07) is 0.542. The van der Waals surface area contributed by atoms with E-state index in [2.05, 4.69) is 18.8 Å². The molecule has 2 nitrogen and oxygen atoms in total. The molecule has 0 bridgehead atoms. The molecule has 1 heterocycles. The number of methoxy groups -OCH3 is 1. The highest BCUT2D eigenvalue weighted by Crippen LogP contribution is 2.26. The molecule has 2 unspecified atom stereocenters. The number of ether oxygens (including phenoxy) is 1. The van der Waals surface area contributed by atoms with Gasteiger partial charge in [-0.15, -0.1) is 0 Å². The van der Waals surface area contributed by atoms with Crippen molar-refractivity contribution < 1.29 is 4.74 Å². The van der Waals surface area contributed by atoms with E-state index < -0.39 is 0 Å². The Bertz CT molecular complexity index is 142. The molecule has 0 spiro atoms. The van der Waals surface area contributed by atoms with Crippen molar-refractivity contribution >= 4 is 5.90 Å². The zero-order valence-electron chi connectivity index (χ0n) is 6.92. The molecule has 10 heavy (non-hydrogen) atoms. The molecule has 2 heteroatoms. The first-order valence-electron chi connectivity index (χ1n) is 3.95. The van der Waals surface area contributed by atoms with Crippen molar-refractivity contribution in [3.63, 3.8) is 0 Å². The highest BCUT2D eigenvalue weighted by atomic mass is 16.5. The van der Waals surface area contributed by atoms with Gasteiger partial charge < -0.3 is 4.74 Å². The van der Waals surface area contributed by atoms with Crippen LogP contribution in [0.15, 0.2) is 4.99 Å². The Morgan fingerprint density at radius 1 is 1.40 bits per heavy atom. The first-order valence-corrected chi connectivity index (χ1v) is 3.95. The molecule has 2 atom stereocenters. The van der Waals surface area contributed by atoms with E-state index in [1.54, 1.807) is 7.11 Å². The average Bonchev–Trinajstić information content (AvgIpc) is 1.89. The molecular weight excluding hydrogens is 126 g/mol. The predicted octanol–water partition coefficient (Wildman–Crippen LogP) is 1.85. The van der Waals surface area contributed by atoms with Crippen molar-refractivity contribution in [3.8, 4) is 0 Å². The number of aliphatic imine (C=N–C) groups is 1. The van der Waals surface area contributed by atoms with Crippen LogP contribution in [0.1, 0.15) is 26.7 Å². The molecule has 0 fully saturated rings. The first-order chi connectivity index (χ1) is 4.83. The van der Waals surface area contributed by atoms with Crippen molar-refractivity contribution in [3.05, 3.63) is 0 Å². The van der Waals surface area contributed by atoms with Gasteiger partial charge in [0.2, 0.25) is 0 Å². The lowest BCUT2D eigenvalue weighted by molar-refractivity contribution is 0.296. The minimum atomic E-state index is 0.542. The Morgan fingerprint density at radius 3 is 2.50 bits per heavy atom. The average molecular weight is 141 g/mol. The Labute approximate surface area is 62.3 Å². The molecule has 0 N–H and O–H groups in total. The monoisotopic (exact) mass is 141 g/mol. The van der Waals surface area contributed by atoms with Crippen LogP contribution in [-0.2, 0) is 4.74 Å². The van der Waals surface area contributed by atoms with Crippen molar-refractivity contribution in [2.75, 3.05) is 7.11 Å². The normalized spacial score (nSPS) is 30.9. The molecule has 0 saturated carbocycles. The maximum Gasteiger partial charge on any atom is 0.188 e. The van der Waals surface area contributed by atoms with Gasteiger partial charge in [-0.25, -0.2) is 0 Å². The van der Waals surface area contributed by atoms with E-state index in [4.69, 9.17) is 4.74 Å². The van der Waals surface area contributed by atoms with E-state index in [0.717, 1.165) is 18.7 Å². The fourth-order valence-electron chi connectivity index (χ4n) is 1.46. The molecule has 0 aliphatic carbocycles. The smallest absolute Gasteiger partial charge is 0.188 e. The fraction of sp³-hybridized carbons (Fsp3) is 0.875. The summed E-state index contributed by atoms with van der Waals surface area (Å²) in [5, 5.41) is 0. The summed E-state index contributed by atoms with van der Waals surface area (Å²) in [5.41, 5.74) is 0. The lowest BCUT2D eigenvalue weighted by atomic mass is 9.90. The third-order valence-electron chi connectivity index (χ3n) is 2.14. The number of hydrogen-bond acceptors (Lipinski definition) is 2. The van der Waals surface area contributed by atoms with Crippen LogP contribution in [0.4, 0.5) is 0 Å². The van der Waals surface area contributed by atoms with Crippen molar-refractivity contribution in [2.45, 2.75) is 32.7 Å². The molecule has 0 aromatic rings. The molecule has 1 rings (SSSR count). The summed E-state index contributed by atoms with van der Waals surface area (Å²) in [7, 11) is 1.70. The Morgan fingerprint density at radius 2 is 2.10 bits per heavy atom. The van der Waals surface area contributed by atoms with E-state index in [0.29, 0.717) is 12.0 Å². The molecular formula is C8H15NO. The van der Waals surface area contributed by atoms with Crippen LogP contribution in [-0.4, -0.2) is 19.0 Å². The topological polar surface area (TPSA) is 21.6 Å². The Balaban J connectivity index is 2.48. The number of hydrogen-bond donors (Lipinski definition) is 0. The van der Waals surface area contributed by atoms with Crippen LogP contribution < -0.4 is 0 Å². The van der Waals surface area contributed by atoms with Crippen LogP contribution in [0.25, 0.3) is 0 Å². The molecule has 0 aromatic heterocycles. The molecule has 0 saturated heterocycles. The van der Waals surface area contributed by atoms with E-state index in [9.17, 15) is 0 Å². The van der Waals surface area contributed by atoms with Crippen molar-refractivity contribution in [2.24, 2.45) is 10.9 Å². The molecule has 58 valence electrons. The van der Waals surface area contributed by atoms with E-state index in [-0.39, 0.29) is 0 Å². The van der Waals surface area contributed by atoms with E-state index in [1.165, 1.54) is 0 Å². The van der Waals surface area contributed by atoms with Crippen LogP contribution in [0.5, 0.6) is 0 Å². The van der Waals surface area contributed by atoms with Crippen LogP contribution in [0.2, 0.25) is 0 Å². The summed E-state index contributed by atoms with van der Waals surface area (Å²) in [6.07, 6.45) is 2.30. The molecule has 0 amide bonds. The molecule has 1 aliphatic heterocycles. The zero-order valence-corrected chi connectivity index (χ0v) is 6.92. The van der Waals surface area contributed by atoms with Crippen molar-refractivity contribution in [1.82, 2.24) is 0 Å². The summed E-state index contributed by atoms with van der Waals surface area (Å²) in [4.78, 5) is 4.31. The van der Waals surface area contributed by atoms with Crippen molar-refractivity contribution in [1.29, 1.82) is 0 Å². The van der Waals surface area contributed by atoms with Gasteiger partial charge in [0, 0.05) is 0 Å². The Kier molecular flexibility index (Phi) is 2.30. The quantitative estimate of drug-likeness (QED) is 0.575. The molecule has 1 aliphatic rings. The van der Waals surface area contributed by atoms with Gasteiger partial charge in [0.1, 0.15) is 0 Å². The number of rotatable bonds is 2. The third kappa shape index (κ3) is 1.02. The highest BCUT2D eigenvalue weighted by molar-refractivity contribution is 5.84. The molecule has 0 aromatic carbocycles. The third-order valence-corrected chi connectivity index (χ3v) is 2.14. The van der Waals surface area contributed by atoms with Gasteiger partial charge in [-0.3, -0.25) is 4.99 Å². The minimum Gasteiger partial charge on any atom is -0.484 e. The maximum absolute atomic E-state index is 5.07. The van der Waals surface area contributed by atoms with Gasteiger partial charge in [-0.05, 0) is 12.8 Å². The number of nitrogens with zero attached hydrogens (tertiary/aromatic N) is 1. The maximum atomic E-state index is 5.07. The van der Waals surface area contributed by atoms with Gasteiger partial charge >= 0.3 is 0 Å². The standard InChI is InChI=1S/C8H15NO/c1-4-6-7(5-2)9-8(6)10-3/h6-7H,4-5H2,1-3H3. The van der Waals surface area contributed by atoms with Crippen LogP contribution in [0.3, 0.4) is 0 Å². The lowest BCUT2D eigenvalue weighted by Gasteiger charge is -2.31. The fourth-order valence-corrected chi connectivity index (χ4v) is 1.46. The predicted molar refractivity (Wildman–Crippen MR) is 42.3 cm³/mol. The van der Waals surface area contributed by atoms with E-state index in [1.807, 2.05) is 0 Å².